The third-order valence-electron chi connectivity index (χ3n) is 4.35. The minimum absolute atomic E-state index is 0. The molecule has 0 radical (unpaired) electrons. The van der Waals surface area contributed by atoms with Crippen LogP contribution in [0.2, 0.25) is 0 Å². The summed E-state index contributed by atoms with van der Waals surface area (Å²) in [5.74, 6) is 3.22. The Morgan fingerprint density at radius 3 is 2.88 bits per heavy atom. The van der Waals surface area contributed by atoms with Crippen molar-refractivity contribution in [1.82, 2.24) is 35.2 Å². The molecule has 0 fully saturated rings. The predicted octanol–water partition coefficient (Wildman–Crippen LogP) is 1.70. The number of aliphatic imine (C=N–C) groups is 1. The number of hydrogen-bond acceptors (Lipinski definition) is 4. The van der Waals surface area contributed by atoms with E-state index in [4.69, 9.17) is 0 Å². The summed E-state index contributed by atoms with van der Waals surface area (Å²) < 4.78 is 3.97. The summed E-state index contributed by atoms with van der Waals surface area (Å²) >= 11 is 0. The average molecular weight is 472 g/mol. The SMILES string of the molecule is CN=C(NCCn1cc(C)cn1)NC1CCc2nc(C(C)C)nn2C1.I. The Morgan fingerprint density at radius 2 is 2.23 bits per heavy atom. The van der Waals surface area contributed by atoms with Crippen molar-refractivity contribution in [1.29, 1.82) is 0 Å². The van der Waals surface area contributed by atoms with Gasteiger partial charge in [-0.25, -0.2) is 9.67 Å². The van der Waals surface area contributed by atoms with E-state index in [9.17, 15) is 0 Å². The van der Waals surface area contributed by atoms with Crippen LogP contribution in [0.1, 0.15) is 43.4 Å². The van der Waals surface area contributed by atoms with Gasteiger partial charge >= 0.3 is 0 Å². The lowest BCUT2D eigenvalue weighted by Gasteiger charge is -2.25. The zero-order valence-electron chi connectivity index (χ0n) is 15.9. The second kappa shape index (κ2) is 9.33. The zero-order valence-corrected chi connectivity index (χ0v) is 18.3. The smallest absolute Gasteiger partial charge is 0.191 e. The van der Waals surface area contributed by atoms with Crippen LogP contribution in [-0.4, -0.2) is 50.1 Å². The van der Waals surface area contributed by atoms with E-state index >= 15 is 0 Å². The summed E-state index contributed by atoms with van der Waals surface area (Å²) in [6.07, 6.45) is 5.89. The maximum absolute atomic E-state index is 4.64. The number of aryl methyl sites for hydroxylation is 2. The molecule has 3 rings (SSSR count). The fourth-order valence-electron chi connectivity index (χ4n) is 2.96. The van der Waals surface area contributed by atoms with Crippen LogP contribution in [0, 0.1) is 6.92 Å². The largest absolute Gasteiger partial charge is 0.355 e. The molecule has 2 aromatic heterocycles. The molecule has 0 saturated carbocycles. The van der Waals surface area contributed by atoms with Gasteiger partial charge in [0.1, 0.15) is 5.82 Å². The first kappa shape index (κ1) is 20.7. The van der Waals surface area contributed by atoms with Crippen molar-refractivity contribution < 1.29 is 0 Å². The molecule has 0 saturated heterocycles. The highest BCUT2D eigenvalue weighted by Gasteiger charge is 2.23. The number of rotatable bonds is 5. The molecular formula is C17H29IN8. The van der Waals surface area contributed by atoms with Crippen molar-refractivity contribution >= 4 is 29.9 Å². The van der Waals surface area contributed by atoms with E-state index in [0.717, 1.165) is 50.1 Å². The second-order valence-corrected chi connectivity index (χ2v) is 6.88. The lowest BCUT2D eigenvalue weighted by atomic mass is 10.1. The molecular weight excluding hydrogens is 443 g/mol. The Bertz CT molecular complexity index is 733. The molecule has 0 spiro atoms. The number of fused-ring (bicyclic) bond motifs is 1. The topological polar surface area (TPSA) is 84.9 Å². The zero-order chi connectivity index (χ0) is 17.8. The minimum atomic E-state index is 0. The summed E-state index contributed by atoms with van der Waals surface area (Å²) in [5, 5.41) is 15.8. The van der Waals surface area contributed by atoms with Crippen LogP contribution >= 0.6 is 24.0 Å². The maximum atomic E-state index is 4.64. The van der Waals surface area contributed by atoms with Gasteiger partial charge < -0.3 is 10.6 Å². The van der Waals surface area contributed by atoms with Gasteiger partial charge in [0.2, 0.25) is 0 Å². The summed E-state index contributed by atoms with van der Waals surface area (Å²) in [6.45, 7) is 8.72. The highest BCUT2D eigenvalue weighted by molar-refractivity contribution is 14.0. The van der Waals surface area contributed by atoms with Crippen molar-refractivity contribution in [3.05, 3.63) is 29.6 Å². The average Bonchev–Trinajstić information content (AvgIpc) is 3.19. The number of hydrogen-bond donors (Lipinski definition) is 2. The Kier molecular flexibility index (Phi) is 7.42. The molecule has 144 valence electrons. The first-order valence-corrected chi connectivity index (χ1v) is 8.95. The molecule has 1 aliphatic rings. The predicted molar refractivity (Wildman–Crippen MR) is 113 cm³/mol. The molecule has 2 aromatic rings. The first-order chi connectivity index (χ1) is 12.0. The van der Waals surface area contributed by atoms with Gasteiger partial charge in [-0.1, -0.05) is 13.8 Å². The molecule has 8 nitrogen and oxygen atoms in total. The number of nitrogens with zero attached hydrogens (tertiary/aromatic N) is 6. The molecule has 1 aliphatic heterocycles. The van der Waals surface area contributed by atoms with Gasteiger partial charge in [-0.05, 0) is 18.9 Å². The summed E-state index contributed by atoms with van der Waals surface area (Å²) in [6, 6.07) is 0.312. The Hall–Kier alpha value is -1.65. The molecule has 26 heavy (non-hydrogen) atoms. The second-order valence-electron chi connectivity index (χ2n) is 6.88. The molecule has 0 bridgehead atoms. The van der Waals surface area contributed by atoms with E-state index < -0.39 is 0 Å². The van der Waals surface area contributed by atoms with Gasteiger partial charge in [-0.2, -0.15) is 10.2 Å². The van der Waals surface area contributed by atoms with Gasteiger partial charge in [-0.15, -0.1) is 24.0 Å². The minimum Gasteiger partial charge on any atom is -0.355 e. The van der Waals surface area contributed by atoms with Crippen molar-refractivity contribution in [2.45, 2.75) is 58.7 Å². The fourth-order valence-corrected chi connectivity index (χ4v) is 2.96. The van der Waals surface area contributed by atoms with Gasteiger partial charge in [-0.3, -0.25) is 9.67 Å². The lowest BCUT2D eigenvalue weighted by molar-refractivity contribution is 0.391. The molecule has 1 atom stereocenters. The normalized spacial score (nSPS) is 17.0. The quantitative estimate of drug-likeness (QED) is 0.393. The van der Waals surface area contributed by atoms with Gasteiger partial charge in [0, 0.05) is 38.2 Å². The highest BCUT2D eigenvalue weighted by atomic mass is 127. The van der Waals surface area contributed by atoms with Crippen molar-refractivity contribution in [2.24, 2.45) is 4.99 Å². The monoisotopic (exact) mass is 472 g/mol. The van der Waals surface area contributed by atoms with E-state index in [1.54, 1.807) is 7.05 Å². The number of guanidine groups is 1. The van der Waals surface area contributed by atoms with Crippen molar-refractivity contribution in [2.75, 3.05) is 13.6 Å². The molecule has 0 amide bonds. The lowest BCUT2D eigenvalue weighted by Crippen LogP contribution is -2.47. The van der Waals surface area contributed by atoms with Crippen LogP contribution in [-0.2, 0) is 19.5 Å². The third kappa shape index (κ3) is 5.18. The molecule has 9 heteroatoms. The van der Waals surface area contributed by atoms with Crippen LogP contribution in [0.5, 0.6) is 0 Å². The van der Waals surface area contributed by atoms with Gasteiger partial charge in [0.25, 0.3) is 0 Å². The van der Waals surface area contributed by atoms with E-state index in [-0.39, 0.29) is 24.0 Å². The summed E-state index contributed by atoms with van der Waals surface area (Å²) in [5.41, 5.74) is 1.18. The molecule has 1 unspecified atom stereocenters. The Balaban J connectivity index is 0.00000243. The third-order valence-corrected chi connectivity index (χ3v) is 4.35. The highest BCUT2D eigenvalue weighted by Crippen LogP contribution is 2.16. The number of nitrogens with one attached hydrogen (secondary N) is 2. The number of halogens is 1. The van der Waals surface area contributed by atoms with E-state index in [1.165, 1.54) is 5.56 Å². The van der Waals surface area contributed by atoms with Crippen molar-refractivity contribution in [3.63, 3.8) is 0 Å². The molecule has 0 aliphatic carbocycles. The van der Waals surface area contributed by atoms with Crippen LogP contribution in [0.15, 0.2) is 17.4 Å². The molecule has 2 N–H and O–H groups in total. The summed E-state index contributed by atoms with van der Waals surface area (Å²) in [7, 11) is 1.80. The summed E-state index contributed by atoms with van der Waals surface area (Å²) in [4.78, 5) is 8.97. The maximum Gasteiger partial charge on any atom is 0.191 e. The van der Waals surface area contributed by atoms with Crippen molar-refractivity contribution in [3.8, 4) is 0 Å². The standard InChI is InChI=1S/C17H28N8.HI/c1-12(2)16-22-15-6-5-14(11-25(15)23-16)21-17(18-4)19-7-8-24-10-13(3)9-20-24;/h9-10,12,14H,5-8,11H2,1-4H3,(H2,18,19,21);1H. The Morgan fingerprint density at radius 1 is 1.42 bits per heavy atom. The molecule has 0 aromatic carbocycles. The van der Waals surface area contributed by atoms with E-state index in [1.807, 2.05) is 28.7 Å². The van der Waals surface area contributed by atoms with Crippen LogP contribution in [0.25, 0.3) is 0 Å². The van der Waals surface area contributed by atoms with Gasteiger partial charge in [0.15, 0.2) is 11.8 Å². The fraction of sp³-hybridized carbons (Fsp3) is 0.647. The number of aromatic nitrogens is 5. The van der Waals surface area contributed by atoms with Gasteiger partial charge in [0.05, 0.1) is 19.3 Å². The Labute approximate surface area is 171 Å². The van der Waals surface area contributed by atoms with E-state index in [0.29, 0.717) is 12.0 Å². The first-order valence-electron chi connectivity index (χ1n) is 8.95. The van der Waals surface area contributed by atoms with Crippen LogP contribution < -0.4 is 10.6 Å². The van der Waals surface area contributed by atoms with E-state index in [2.05, 4.69) is 44.7 Å². The molecule has 3 heterocycles. The van der Waals surface area contributed by atoms with Crippen LogP contribution in [0.4, 0.5) is 0 Å². The van der Waals surface area contributed by atoms with Crippen LogP contribution in [0.3, 0.4) is 0 Å².